The largest absolute Gasteiger partial charge is 0.379 e. The molecule has 8 heteroatoms. The van der Waals surface area contributed by atoms with E-state index in [4.69, 9.17) is 4.74 Å². The fraction of sp³-hybridized carbons (Fsp3) is 0.786. The summed E-state index contributed by atoms with van der Waals surface area (Å²) in [4.78, 5) is 2.62. The van der Waals surface area contributed by atoms with Gasteiger partial charge in [-0.05, 0) is 33.7 Å². The van der Waals surface area contributed by atoms with Crippen LogP contribution in [0.5, 0.6) is 0 Å². The Morgan fingerprint density at radius 2 is 1.95 bits per heavy atom. The van der Waals surface area contributed by atoms with E-state index in [-0.39, 0.29) is 0 Å². The van der Waals surface area contributed by atoms with Crippen molar-refractivity contribution in [2.75, 3.05) is 39.4 Å². The van der Waals surface area contributed by atoms with Crippen molar-refractivity contribution >= 4 is 10.0 Å². The van der Waals surface area contributed by atoms with Gasteiger partial charge in [0.2, 0.25) is 10.0 Å². The second-order valence-corrected chi connectivity index (χ2v) is 7.22. The Balaban J connectivity index is 1.90. The first-order chi connectivity index (χ1) is 10.5. The van der Waals surface area contributed by atoms with Crippen LogP contribution in [-0.4, -0.2) is 62.5 Å². The molecule has 0 aliphatic carbocycles. The first kappa shape index (κ1) is 17.4. The zero-order valence-corrected chi connectivity index (χ0v) is 14.4. The van der Waals surface area contributed by atoms with Crippen molar-refractivity contribution in [2.45, 2.75) is 38.6 Å². The number of aromatic nitrogens is 2. The number of ether oxygens (including phenoxy) is 1. The standard InChI is InChI=1S/C14H26N4O3S/c1-4-18-13(3)14(12(2)16-18)22(19,20)15-6-5-7-17-8-10-21-11-9-17/h15H,4-11H2,1-3H3. The third-order valence-electron chi connectivity index (χ3n) is 3.93. The molecule has 0 unspecified atom stereocenters. The molecule has 1 aromatic rings. The number of rotatable bonds is 7. The van der Waals surface area contributed by atoms with Crippen LogP contribution < -0.4 is 4.72 Å². The number of nitrogens with one attached hydrogen (secondary N) is 1. The zero-order chi connectivity index (χ0) is 16.2. The summed E-state index contributed by atoms with van der Waals surface area (Å²) in [6, 6.07) is 0. The van der Waals surface area contributed by atoms with Gasteiger partial charge in [-0.3, -0.25) is 9.58 Å². The van der Waals surface area contributed by atoms with Crippen molar-refractivity contribution in [2.24, 2.45) is 0 Å². The lowest BCUT2D eigenvalue weighted by molar-refractivity contribution is 0.0376. The lowest BCUT2D eigenvalue weighted by Gasteiger charge is -2.26. The third kappa shape index (κ3) is 4.07. The fourth-order valence-electron chi connectivity index (χ4n) is 2.78. The van der Waals surface area contributed by atoms with Crippen LogP contribution in [0.1, 0.15) is 24.7 Å². The molecular formula is C14H26N4O3S. The molecule has 0 spiro atoms. The summed E-state index contributed by atoms with van der Waals surface area (Å²) in [5.74, 6) is 0. The Morgan fingerprint density at radius 3 is 2.55 bits per heavy atom. The maximum atomic E-state index is 12.5. The van der Waals surface area contributed by atoms with E-state index in [2.05, 4.69) is 14.7 Å². The predicted molar refractivity (Wildman–Crippen MR) is 84.4 cm³/mol. The van der Waals surface area contributed by atoms with Crippen molar-refractivity contribution in [3.8, 4) is 0 Å². The fourth-order valence-corrected chi connectivity index (χ4v) is 4.26. The minimum absolute atomic E-state index is 0.320. The second kappa shape index (κ2) is 7.54. The van der Waals surface area contributed by atoms with Gasteiger partial charge in [-0.1, -0.05) is 0 Å². The Bertz CT molecular complexity index is 591. The van der Waals surface area contributed by atoms with E-state index in [0.29, 0.717) is 29.4 Å². The molecule has 0 bridgehead atoms. The minimum Gasteiger partial charge on any atom is -0.379 e. The van der Waals surface area contributed by atoms with Gasteiger partial charge in [-0.15, -0.1) is 0 Å². The van der Waals surface area contributed by atoms with Crippen LogP contribution in [0.25, 0.3) is 0 Å². The van der Waals surface area contributed by atoms with E-state index in [1.165, 1.54) is 0 Å². The Hall–Kier alpha value is -0.960. The topological polar surface area (TPSA) is 76.5 Å². The van der Waals surface area contributed by atoms with Gasteiger partial charge in [-0.2, -0.15) is 5.10 Å². The van der Waals surface area contributed by atoms with Gasteiger partial charge in [0.15, 0.2) is 0 Å². The Kier molecular flexibility index (Phi) is 5.96. The molecule has 0 saturated carbocycles. The lowest BCUT2D eigenvalue weighted by Crippen LogP contribution is -2.38. The maximum absolute atomic E-state index is 12.5. The van der Waals surface area contributed by atoms with E-state index >= 15 is 0 Å². The first-order valence-corrected chi connectivity index (χ1v) is 9.27. The normalized spacial score (nSPS) is 17.0. The van der Waals surface area contributed by atoms with Crippen molar-refractivity contribution in [1.29, 1.82) is 0 Å². The summed E-state index contributed by atoms with van der Waals surface area (Å²) >= 11 is 0. The van der Waals surface area contributed by atoms with Crippen LogP contribution in [0.3, 0.4) is 0 Å². The Labute approximate surface area is 132 Å². The van der Waals surface area contributed by atoms with Gasteiger partial charge in [0.05, 0.1) is 24.6 Å². The second-order valence-electron chi connectivity index (χ2n) is 5.52. The molecule has 0 aromatic carbocycles. The first-order valence-electron chi connectivity index (χ1n) is 7.79. The molecule has 1 aliphatic rings. The monoisotopic (exact) mass is 330 g/mol. The molecule has 1 N–H and O–H groups in total. The summed E-state index contributed by atoms with van der Waals surface area (Å²) < 4.78 is 34.6. The minimum atomic E-state index is -3.49. The van der Waals surface area contributed by atoms with Crippen LogP contribution in [0.15, 0.2) is 4.90 Å². The average Bonchev–Trinajstić information content (AvgIpc) is 2.79. The maximum Gasteiger partial charge on any atom is 0.244 e. The molecular weight excluding hydrogens is 304 g/mol. The molecule has 2 heterocycles. The van der Waals surface area contributed by atoms with Crippen LogP contribution in [0.2, 0.25) is 0 Å². The molecule has 7 nitrogen and oxygen atoms in total. The van der Waals surface area contributed by atoms with Crippen molar-refractivity contribution in [3.05, 3.63) is 11.4 Å². The molecule has 2 rings (SSSR count). The smallest absolute Gasteiger partial charge is 0.244 e. The highest BCUT2D eigenvalue weighted by Gasteiger charge is 2.23. The Morgan fingerprint density at radius 1 is 1.27 bits per heavy atom. The summed E-state index contributed by atoms with van der Waals surface area (Å²) in [5.41, 5.74) is 1.25. The number of hydrogen-bond acceptors (Lipinski definition) is 5. The molecule has 22 heavy (non-hydrogen) atoms. The van der Waals surface area contributed by atoms with E-state index in [9.17, 15) is 8.42 Å². The summed E-state index contributed by atoms with van der Waals surface area (Å²) in [6.07, 6.45) is 0.791. The van der Waals surface area contributed by atoms with Gasteiger partial charge < -0.3 is 4.74 Å². The van der Waals surface area contributed by atoms with Crippen LogP contribution in [-0.2, 0) is 21.3 Å². The summed E-state index contributed by atoms with van der Waals surface area (Å²) in [6.45, 7) is 10.9. The molecule has 1 saturated heterocycles. The number of nitrogens with zero attached hydrogens (tertiary/aromatic N) is 3. The van der Waals surface area contributed by atoms with Crippen molar-refractivity contribution in [1.82, 2.24) is 19.4 Å². The van der Waals surface area contributed by atoms with Gasteiger partial charge in [0, 0.05) is 26.2 Å². The molecule has 0 radical (unpaired) electrons. The van der Waals surface area contributed by atoms with Gasteiger partial charge in [0.1, 0.15) is 4.90 Å². The molecule has 1 fully saturated rings. The number of sulfonamides is 1. The zero-order valence-electron chi connectivity index (χ0n) is 13.6. The predicted octanol–water partition coefficient (Wildman–Crippen LogP) is 0.520. The van der Waals surface area contributed by atoms with E-state index < -0.39 is 10.0 Å². The molecule has 0 amide bonds. The molecule has 1 aliphatic heterocycles. The number of hydrogen-bond donors (Lipinski definition) is 1. The SMILES string of the molecule is CCn1nc(C)c(S(=O)(=O)NCCCN2CCOCC2)c1C. The third-order valence-corrected chi connectivity index (χ3v) is 5.64. The molecule has 0 atom stereocenters. The van der Waals surface area contributed by atoms with E-state index in [1.54, 1.807) is 18.5 Å². The summed E-state index contributed by atoms with van der Waals surface area (Å²) in [7, 11) is -3.49. The lowest BCUT2D eigenvalue weighted by atomic mass is 10.3. The van der Waals surface area contributed by atoms with Gasteiger partial charge in [-0.25, -0.2) is 13.1 Å². The highest BCUT2D eigenvalue weighted by molar-refractivity contribution is 7.89. The quantitative estimate of drug-likeness (QED) is 0.738. The van der Waals surface area contributed by atoms with Crippen molar-refractivity contribution in [3.63, 3.8) is 0 Å². The number of morpholine rings is 1. The van der Waals surface area contributed by atoms with E-state index in [1.807, 2.05) is 6.92 Å². The van der Waals surface area contributed by atoms with Gasteiger partial charge in [0.25, 0.3) is 0 Å². The summed E-state index contributed by atoms with van der Waals surface area (Å²) in [5, 5.41) is 4.27. The van der Waals surface area contributed by atoms with Gasteiger partial charge >= 0.3 is 0 Å². The van der Waals surface area contributed by atoms with E-state index in [0.717, 1.165) is 39.3 Å². The molecule has 126 valence electrons. The average molecular weight is 330 g/mol. The highest BCUT2D eigenvalue weighted by Crippen LogP contribution is 2.19. The van der Waals surface area contributed by atoms with Crippen LogP contribution in [0, 0.1) is 13.8 Å². The van der Waals surface area contributed by atoms with Crippen LogP contribution in [0.4, 0.5) is 0 Å². The molecule has 1 aromatic heterocycles. The highest BCUT2D eigenvalue weighted by atomic mass is 32.2. The number of aryl methyl sites for hydroxylation is 2. The van der Waals surface area contributed by atoms with Crippen molar-refractivity contribution < 1.29 is 13.2 Å². The van der Waals surface area contributed by atoms with Crippen LogP contribution >= 0.6 is 0 Å².